The van der Waals surface area contributed by atoms with Crippen LogP contribution in [0.4, 0.5) is 0 Å². The highest BCUT2D eigenvalue weighted by atomic mass is 127. The predicted molar refractivity (Wildman–Crippen MR) is 103 cm³/mol. The Labute approximate surface area is 155 Å². The van der Waals surface area contributed by atoms with Gasteiger partial charge in [0.2, 0.25) is 0 Å². The summed E-state index contributed by atoms with van der Waals surface area (Å²) in [6.07, 6.45) is 4.81. The molecule has 1 saturated heterocycles. The third-order valence-corrected chi connectivity index (χ3v) is 4.02. The maximum absolute atomic E-state index is 5.97. The first kappa shape index (κ1) is 18.3. The van der Waals surface area contributed by atoms with Crippen LogP contribution < -0.4 is 15.8 Å². The van der Waals surface area contributed by atoms with Crippen molar-refractivity contribution in [1.29, 1.82) is 0 Å². The highest BCUT2D eigenvalue weighted by Crippen LogP contribution is 2.23. The molecule has 1 heterocycles. The maximum Gasteiger partial charge on any atom is 0.189 e. The Bertz CT molecular complexity index is 541. The number of ether oxygens (including phenoxy) is 2. The van der Waals surface area contributed by atoms with Crippen molar-refractivity contribution in [3.63, 3.8) is 0 Å². The van der Waals surface area contributed by atoms with Crippen LogP contribution in [0.15, 0.2) is 23.2 Å². The van der Waals surface area contributed by atoms with Gasteiger partial charge in [0.15, 0.2) is 5.96 Å². The Morgan fingerprint density at radius 1 is 1.39 bits per heavy atom. The highest BCUT2D eigenvalue weighted by Gasteiger charge is 2.21. The highest BCUT2D eigenvalue weighted by molar-refractivity contribution is 14.0. The Hall–Kier alpha value is -1.02. The molecule has 0 bridgehead atoms. The average Bonchev–Trinajstić information content (AvgIpc) is 3.15. The van der Waals surface area contributed by atoms with Gasteiger partial charge in [-0.05, 0) is 44.2 Å². The van der Waals surface area contributed by atoms with Gasteiger partial charge in [0.1, 0.15) is 12.4 Å². The Balaban J connectivity index is 0.00000192. The molecule has 23 heavy (non-hydrogen) atoms. The molecule has 0 radical (unpaired) electrons. The quantitative estimate of drug-likeness (QED) is 0.413. The number of nitrogens with two attached hydrogens (primary N) is 1. The zero-order valence-electron chi connectivity index (χ0n) is 13.6. The first-order chi connectivity index (χ1) is 10.7. The van der Waals surface area contributed by atoms with Gasteiger partial charge in [0, 0.05) is 18.2 Å². The monoisotopic (exact) mass is 431 g/mol. The van der Waals surface area contributed by atoms with Gasteiger partial charge in [-0.1, -0.05) is 12.1 Å². The van der Waals surface area contributed by atoms with Crippen molar-refractivity contribution >= 4 is 29.9 Å². The van der Waals surface area contributed by atoms with E-state index in [0.29, 0.717) is 25.2 Å². The van der Waals surface area contributed by atoms with Gasteiger partial charge in [-0.25, -0.2) is 4.99 Å². The summed E-state index contributed by atoms with van der Waals surface area (Å²) in [4.78, 5) is 4.42. The van der Waals surface area contributed by atoms with Crippen LogP contribution >= 0.6 is 24.0 Å². The summed E-state index contributed by atoms with van der Waals surface area (Å²) in [6.45, 7) is 4.06. The molecule has 1 aliphatic carbocycles. The molecule has 1 saturated carbocycles. The summed E-state index contributed by atoms with van der Waals surface area (Å²) in [6, 6.07) is 6.73. The lowest BCUT2D eigenvalue weighted by atomic mass is 10.1. The minimum Gasteiger partial charge on any atom is -0.491 e. The van der Waals surface area contributed by atoms with Crippen LogP contribution in [0, 0.1) is 6.92 Å². The molecule has 3 rings (SSSR count). The Morgan fingerprint density at radius 2 is 2.22 bits per heavy atom. The van der Waals surface area contributed by atoms with Crippen molar-refractivity contribution in [3.05, 3.63) is 29.3 Å². The zero-order valence-corrected chi connectivity index (χ0v) is 15.9. The van der Waals surface area contributed by atoms with Crippen LogP contribution in [0.3, 0.4) is 0 Å². The first-order valence-corrected chi connectivity index (χ1v) is 8.11. The molecule has 0 amide bonds. The van der Waals surface area contributed by atoms with E-state index >= 15 is 0 Å². The molecule has 1 aromatic rings. The molecule has 3 N–H and O–H groups in total. The van der Waals surface area contributed by atoms with Crippen LogP contribution in [0.25, 0.3) is 0 Å². The van der Waals surface area contributed by atoms with Crippen molar-refractivity contribution < 1.29 is 9.47 Å². The van der Waals surface area contributed by atoms with Gasteiger partial charge in [-0.2, -0.15) is 0 Å². The number of aryl methyl sites for hydroxylation is 1. The minimum absolute atomic E-state index is 0. The summed E-state index contributed by atoms with van der Waals surface area (Å²) in [5.74, 6) is 1.41. The molecular weight excluding hydrogens is 405 g/mol. The van der Waals surface area contributed by atoms with E-state index in [9.17, 15) is 0 Å². The van der Waals surface area contributed by atoms with Crippen LogP contribution in [0.1, 0.15) is 36.8 Å². The van der Waals surface area contributed by atoms with Crippen LogP contribution in [-0.2, 0) is 11.3 Å². The lowest BCUT2D eigenvalue weighted by Gasteiger charge is -2.15. The van der Waals surface area contributed by atoms with E-state index in [2.05, 4.69) is 35.4 Å². The van der Waals surface area contributed by atoms with Crippen molar-refractivity contribution in [3.8, 4) is 5.75 Å². The van der Waals surface area contributed by atoms with Crippen molar-refractivity contribution in [2.75, 3.05) is 13.2 Å². The number of hydrogen-bond acceptors (Lipinski definition) is 3. The SMILES string of the molecule is Cc1ccc(CN=C(N)NC2CC2)c(OCC2CCCO2)c1.I. The number of hydrogen-bond donors (Lipinski definition) is 2. The van der Waals surface area contributed by atoms with Gasteiger partial charge in [-0.15, -0.1) is 24.0 Å². The number of aliphatic imine (C=N–C) groups is 1. The summed E-state index contributed by atoms with van der Waals surface area (Å²) in [5, 5.41) is 3.20. The standard InChI is InChI=1S/C17H25N3O2.HI/c1-12-4-5-13(10-19-17(18)20-14-6-7-14)16(9-12)22-11-15-3-2-8-21-15;/h4-5,9,14-15H,2-3,6-8,10-11H2,1H3,(H3,18,19,20);1H. The summed E-state index contributed by atoms with van der Waals surface area (Å²) >= 11 is 0. The minimum atomic E-state index is 0. The molecule has 6 heteroatoms. The Kier molecular flexibility index (Phi) is 6.95. The largest absolute Gasteiger partial charge is 0.491 e. The Morgan fingerprint density at radius 3 is 2.91 bits per heavy atom. The molecule has 0 spiro atoms. The first-order valence-electron chi connectivity index (χ1n) is 8.11. The number of rotatable bonds is 6. The van der Waals surface area contributed by atoms with E-state index in [1.165, 1.54) is 18.4 Å². The summed E-state index contributed by atoms with van der Waals surface area (Å²) < 4.78 is 11.6. The smallest absolute Gasteiger partial charge is 0.189 e. The second kappa shape index (κ2) is 8.73. The van der Waals surface area contributed by atoms with Crippen molar-refractivity contribution in [1.82, 2.24) is 5.32 Å². The fourth-order valence-corrected chi connectivity index (χ4v) is 2.54. The van der Waals surface area contributed by atoms with E-state index in [0.717, 1.165) is 30.8 Å². The molecule has 1 unspecified atom stereocenters. The molecule has 2 aliphatic rings. The lowest BCUT2D eigenvalue weighted by molar-refractivity contribution is 0.0676. The van der Waals surface area contributed by atoms with E-state index < -0.39 is 0 Å². The summed E-state index contributed by atoms with van der Waals surface area (Å²) in [5.41, 5.74) is 8.13. The number of benzene rings is 1. The molecule has 0 aromatic heterocycles. The second-order valence-corrected chi connectivity index (χ2v) is 6.18. The maximum atomic E-state index is 5.97. The zero-order chi connectivity index (χ0) is 15.4. The van der Waals surface area contributed by atoms with E-state index in [4.69, 9.17) is 15.2 Å². The molecule has 128 valence electrons. The van der Waals surface area contributed by atoms with E-state index in [1.54, 1.807) is 0 Å². The van der Waals surface area contributed by atoms with Crippen LogP contribution in [0.2, 0.25) is 0 Å². The molecule has 1 aliphatic heterocycles. The van der Waals surface area contributed by atoms with Crippen LogP contribution in [0.5, 0.6) is 5.75 Å². The van der Waals surface area contributed by atoms with Crippen molar-refractivity contribution in [2.45, 2.75) is 51.3 Å². The van der Waals surface area contributed by atoms with Gasteiger partial charge in [-0.3, -0.25) is 0 Å². The van der Waals surface area contributed by atoms with E-state index in [1.807, 2.05) is 0 Å². The van der Waals surface area contributed by atoms with Gasteiger partial charge < -0.3 is 20.5 Å². The third-order valence-electron chi connectivity index (χ3n) is 4.02. The van der Waals surface area contributed by atoms with Crippen LogP contribution in [-0.4, -0.2) is 31.3 Å². The molecular formula is C17H26IN3O2. The number of halogens is 1. The molecule has 2 fully saturated rings. The van der Waals surface area contributed by atoms with E-state index in [-0.39, 0.29) is 30.1 Å². The molecule has 1 atom stereocenters. The summed E-state index contributed by atoms with van der Waals surface area (Å²) in [7, 11) is 0. The van der Waals surface area contributed by atoms with Gasteiger partial charge in [0.25, 0.3) is 0 Å². The molecule has 1 aromatic carbocycles. The third kappa shape index (κ3) is 5.84. The topological polar surface area (TPSA) is 68.9 Å². The normalized spacial score (nSPS) is 20.9. The second-order valence-electron chi connectivity index (χ2n) is 6.18. The van der Waals surface area contributed by atoms with Gasteiger partial charge in [0.05, 0.1) is 12.6 Å². The average molecular weight is 431 g/mol. The number of nitrogens with zero attached hydrogens (tertiary/aromatic N) is 1. The predicted octanol–water partition coefficient (Wildman–Crippen LogP) is 2.74. The molecule has 5 nitrogen and oxygen atoms in total. The fraction of sp³-hybridized carbons (Fsp3) is 0.588. The fourth-order valence-electron chi connectivity index (χ4n) is 2.54. The van der Waals surface area contributed by atoms with Gasteiger partial charge >= 0.3 is 0 Å². The van der Waals surface area contributed by atoms with Crippen molar-refractivity contribution in [2.24, 2.45) is 10.7 Å². The number of nitrogens with one attached hydrogen (secondary N) is 1. The lowest BCUT2D eigenvalue weighted by Crippen LogP contribution is -2.33. The number of guanidine groups is 1.